The van der Waals surface area contributed by atoms with E-state index in [2.05, 4.69) is 10.3 Å². The van der Waals surface area contributed by atoms with Crippen LogP contribution >= 0.6 is 0 Å². The Morgan fingerprint density at radius 1 is 1.14 bits per heavy atom. The van der Waals surface area contributed by atoms with Crippen molar-refractivity contribution >= 4 is 0 Å². The molecule has 0 aliphatic heterocycles. The lowest BCUT2D eigenvalue weighted by atomic mass is 10.2. The van der Waals surface area contributed by atoms with Gasteiger partial charge >= 0.3 is 0 Å². The maximum Gasteiger partial charge on any atom is 0.256 e. The van der Waals surface area contributed by atoms with Crippen LogP contribution < -0.4 is 10.1 Å². The van der Waals surface area contributed by atoms with Crippen molar-refractivity contribution in [2.45, 2.75) is 26.4 Å². The Labute approximate surface area is 120 Å². The summed E-state index contributed by atoms with van der Waals surface area (Å²) in [5, 5.41) is 3.06. The van der Waals surface area contributed by atoms with Crippen molar-refractivity contribution in [3.8, 4) is 11.6 Å². The zero-order valence-electron chi connectivity index (χ0n) is 11.7. The molecule has 3 nitrogen and oxygen atoms in total. The van der Waals surface area contributed by atoms with E-state index in [0.717, 1.165) is 6.07 Å². The van der Waals surface area contributed by atoms with Crippen LogP contribution in [-0.4, -0.2) is 11.0 Å². The minimum absolute atomic E-state index is 0.183. The number of nitrogens with one attached hydrogen (secondary N) is 1. The van der Waals surface area contributed by atoms with Crippen LogP contribution in [0, 0.1) is 17.5 Å². The quantitative estimate of drug-likeness (QED) is 0.911. The first-order valence-corrected chi connectivity index (χ1v) is 6.47. The Kier molecular flexibility index (Phi) is 4.80. The van der Waals surface area contributed by atoms with Crippen molar-refractivity contribution < 1.29 is 17.9 Å². The van der Waals surface area contributed by atoms with E-state index in [1.165, 1.54) is 24.4 Å². The van der Waals surface area contributed by atoms with Gasteiger partial charge in [0.2, 0.25) is 5.82 Å². The molecule has 0 atom stereocenters. The molecule has 2 rings (SSSR count). The van der Waals surface area contributed by atoms with Gasteiger partial charge in [-0.25, -0.2) is 13.8 Å². The van der Waals surface area contributed by atoms with Gasteiger partial charge in [0.05, 0.1) is 0 Å². The second-order valence-electron chi connectivity index (χ2n) is 4.78. The molecular weight excluding hydrogens is 281 g/mol. The van der Waals surface area contributed by atoms with Crippen LogP contribution in [0.15, 0.2) is 30.5 Å². The van der Waals surface area contributed by atoms with Crippen LogP contribution in [0.4, 0.5) is 13.2 Å². The van der Waals surface area contributed by atoms with Crippen LogP contribution in [0.1, 0.15) is 19.4 Å². The Morgan fingerprint density at radius 3 is 2.62 bits per heavy atom. The van der Waals surface area contributed by atoms with Gasteiger partial charge in [0.15, 0.2) is 17.4 Å². The number of ether oxygens (including phenoxy) is 1. The average molecular weight is 296 g/mol. The molecule has 0 amide bonds. The highest BCUT2D eigenvalue weighted by molar-refractivity contribution is 5.32. The molecule has 2 aromatic rings. The summed E-state index contributed by atoms with van der Waals surface area (Å²) < 4.78 is 45.8. The van der Waals surface area contributed by atoms with Gasteiger partial charge in [-0.2, -0.15) is 4.39 Å². The number of rotatable bonds is 5. The number of benzene rings is 1. The predicted molar refractivity (Wildman–Crippen MR) is 72.6 cm³/mol. The highest BCUT2D eigenvalue weighted by Gasteiger charge is 2.15. The van der Waals surface area contributed by atoms with Gasteiger partial charge in [-0.1, -0.05) is 19.9 Å². The van der Waals surface area contributed by atoms with Gasteiger partial charge in [-0.05, 0) is 18.2 Å². The lowest BCUT2D eigenvalue weighted by Gasteiger charge is -2.11. The molecule has 1 aromatic carbocycles. The topological polar surface area (TPSA) is 34.2 Å². The van der Waals surface area contributed by atoms with Gasteiger partial charge in [-0.15, -0.1) is 0 Å². The van der Waals surface area contributed by atoms with Crippen LogP contribution in [0.3, 0.4) is 0 Å². The van der Waals surface area contributed by atoms with Crippen molar-refractivity contribution in [1.82, 2.24) is 10.3 Å². The summed E-state index contributed by atoms with van der Waals surface area (Å²) in [7, 11) is 0. The molecule has 0 aliphatic carbocycles. The van der Waals surface area contributed by atoms with Crippen molar-refractivity contribution in [3.63, 3.8) is 0 Å². The first-order valence-electron chi connectivity index (χ1n) is 6.47. The van der Waals surface area contributed by atoms with Crippen LogP contribution in [0.5, 0.6) is 11.6 Å². The van der Waals surface area contributed by atoms with Crippen molar-refractivity contribution in [1.29, 1.82) is 0 Å². The van der Waals surface area contributed by atoms with E-state index in [-0.39, 0.29) is 18.5 Å². The molecule has 0 unspecified atom stereocenters. The van der Waals surface area contributed by atoms with Gasteiger partial charge in [-0.3, -0.25) is 0 Å². The van der Waals surface area contributed by atoms with E-state index >= 15 is 0 Å². The van der Waals surface area contributed by atoms with E-state index in [9.17, 15) is 13.2 Å². The van der Waals surface area contributed by atoms with Crippen LogP contribution in [0.25, 0.3) is 0 Å². The largest absolute Gasteiger partial charge is 0.433 e. The number of pyridine rings is 1. The van der Waals surface area contributed by atoms with Crippen LogP contribution in [0.2, 0.25) is 0 Å². The van der Waals surface area contributed by atoms with Crippen molar-refractivity contribution in [2.24, 2.45) is 0 Å². The van der Waals surface area contributed by atoms with E-state index < -0.39 is 23.2 Å². The number of aromatic nitrogens is 1. The molecule has 0 radical (unpaired) electrons. The standard InChI is InChI=1S/C15H15F3N2O/c1-9(2)20-8-10-6-7-19-15(13(10)17)21-12-5-3-4-11(16)14(12)18/h3-7,9,20H,8H2,1-2H3. The van der Waals surface area contributed by atoms with Gasteiger partial charge in [0.1, 0.15) is 0 Å². The first kappa shape index (κ1) is 15.3. The normalized spacial score (nSPS) is 11.0. The molecule has 6 heteroatoms. The second kappa shape index (κ2) is 6.58. The number of hydrogen-bond donors (Lipinski definition) is 1. The third-order valence-electron chi connectivity index (χ3n) is 2.76. The minimum Gasteiger partial charge on any atom is -0.433 e. The number of nitrogens with zero attached hydrogens (tertiary/aromatic N) is 1. The fourth-order valence-corrected chi connectivity index (χ4v) is 1.65. The van der Waals surface area contributed by atoms with E-state index in [4.69, 9.17) is 4.74 Å². The van der Waals surface area contributed by atoms with Crippen molar-refractivity contribution in [3.05, 3.63) is 53.5 Å². The molecule has 0 fully saturated rings. The maximum absolute atomic E-state index is 14.2. The third-order valence-corrected chi connectivity index (χ3v) is 2.76. The molecule has 1 heterocycles. The summed E-state index contributed by atoms with van der Waals surface area (Å²) in [6.45, 7) is 4.14. The monoisotopic (exact) mass is 296 g/mol. The summed E-state index contributed by atoms with van der Waals surface area (Å²) in [5.74, 6) is -3.73. The van der Waals surface area contributed by atoms with Crippen LogP contribution in [-0.2, 0) is 6.54 Å². The SMILES string of the molecule is CC(C)NCc1ccnc(Oc2cccc(F)c2F)c1F. The predicted octanol–water partition coefficient (Wildman–Crippen LogP) is 3.79. The molecule has 112 valence electrons. The average Bonchev–Trinajstić information content (AvgIpc) is 2.44. The van der Waals surface area contributed by atoms with Gasteiger partial charge in [0.25, 0.3) is 5.88 Å². The Bertz CT molecular complexity index is 632. The summed E-state index contributed by atoms with van der Waals surface area (Å²) in [5.41, 5.74) is 0.338. The molecule has 21 heavy (non-hydrogen) atoms. The Balaban J connectivity index is 2.24. The summed E-state index contributed by atoms with van der Waals surface area (Å²) in [6, 6.07) is 5.12. The molecule has 0 saturated carbocycles. The highest BCUT2D eigenvalue weighted by Crippen LogP contribution is 2.27. The highest BCUT2D eigenvalue weighted by atomic mass is 19.2. The molecule has 0 spiro atoms. The van der Waals surface area contributed by atoms with Crippen molar-refractivity contribution in [2.75, 3.05) is 0 Å². The zero-order valence-corrected chi connectivity index (χ0v) is 11.7. The third kappa shape index (κ3) is 3.72. The summed E-state index contributed by atoms with van der Waals surface area (Å²) >= 11 is 0. The van der Waals surface area contributed by atoms with E-state index in [1.807, 2.05) is 13.8 Å². The van der Waals surface area contributed by atoms with Gasteiger partial charge < -0.3 is 10.1 Å². The molecule has 0 bridgehead atoms. The number of hydrogen-bond acceptors (Lipinski definition) is 3. The first-order chi connectivity index (χ1) is 9.99. The minimum atomic E-state index is -1.18. The fourth-order valence-electron chi connectivity index (χ4n) is 1.65. The van der Waals surface area contributed by atoms with Gasteiger partial charge in [0, 0.05) is 24.3 Å². The zero-order chi connectivity index (χ0) is 15.4. The number of halogens is 3. The lowest BCUT2D eigenvalue weighted by molar-refractivity contribution is 0.380. The van der Waals surface area contributed by atoms with E-state index in [0.29, 0.717) is 5.56 Å². The molecular formula is C15H15F3N2O. The summed E-state index contributed by atoms with van der Waals surface area (Å²) in [6.07, 6.45) is 1.35. The molecule has 0 saturated heterocycles. The second-order valence-corrected chi connectivity index (χ2v) is 4.78. The lowest BCUT2D eigenvalue weighted by Crippen LogP contribution is -2.22. The Morgan fingerprint density at radius 2 is 1.90 bits per heavy atom. The Hall–Kier alpha value is -2.08. The fraction of sp³-hybridized carbons (Fsp3) is 0.267. The smallest absolute Gasteiger partial charge is 0.256 e. The molecule has 0 aliphatic rings. The maximum atomic E-state index is 14.2. The van der Waals surface area contributed by atoms with E-state index in [1.54, 1.807) is 0 Å². The molecule has 1 aromatic heterocycles. The summed E-state index contributed by atoms with van der Waals surface area (Å²) in [4.78, 5) is 3.72. The molecule has 1 N–H and O–H groups in total.